The lowest BCUT2D eigenvalue weighted by Gasteiger charge is -2.14. The molecular formula is C17H16FN7O4S2. The Hall–Kier alpha value is -3.26. The molecule has 1 aliphatic carbocycles. The molecule has 0 atom stereocenters. The van der Waals surface area contributed by atoms with Crippen molar-refractivity contribution in [2.24, 2.45) is 5.92 Å². The number of halogens is 1. The molecule has 2 aromatic heterocycles. The molecular weight excluding hydrogens is 449 g/mol. The maximum absolute atomic E-state index is 13.7. The number of tetrazole rings is 1. The van der Waals surface area contributed by atoms with Crippen molar-refractivity contribution >= 4 is 44.0 Å². The molecule has 3 aromatic rings. The first-order chi connectivity index (χ1) is 14.8. The SMILES string of the molecule is O=C(Nc1ncc(S(=O)(=O)n2cnnn2)s1)Nc1ccc(F)cc1C(=O)C1CCCC1. The minimum absolute atomic E-state index is 0.00469. The number of ketones is 1. The average Bonchev–Trinajstić information content (AvgIpc) is 3.50. The van der Waals surface area contributed by atoms with E-state index in [4.69, 9.17) is 0 Å². The second-order valence-corrected chi connectivity index (χ2v) is 9.84. The fourth-order valence-corrected chi connectivity index (χ4v) is 5.38. The van der Waals surface area contributed by atoms with E-state index in [2.05, 4.69) is 31.1 Å². The van der Waals surface area contributed by atoms with Crippen LogP contribution in [-0.4, -0.2) is 44.8 Å². The highest BCUT2D eigenvalue weighted by molar-refractivity contribution is 7.92. The van der Waals surface area contributed by atoms with Crippen LogP contribution in [0, 0.1) is 11.7 Å². The van der Waals surface area contributed by atoms with E-state index in [1.807, 2.05) is 0 Å². The second-order valence-electron chi connectivity index (χ2n) is 6.79. The van der Waals surface area contributed by atoms with Gasteiger partial charge in [-0.2, -0.15) is 8.42 Å². The zero-order valence-corrected chi connectivity index (χ0v) is 17.5. The highest BCUT2D eigenvalue weighted by Gasteiger charge is 2.27. The zero-order chi connectivity index (χ0) is 22.0. The maximum Gasteiger partial charge on any atom is 0.325 e. The number of nitrogens with one attached hydrogen (secondary N) is 2. The first kappa shape index (κ1) is 21.0. The number of benzene rings is 1. The molecule has 0 spiro atoms. The van der Waals surface area contributed by atoms with Crippen LogP contribution in [-0.2, 0) is 10.0 Å². The van der Waals surface area contributed by atoms with Gasteiger partial charge in [-0.1, -0.05) is 24.2 Å². The number of urea groups is 1. The Morgan fingerprint density at radius 3 is 2.68 bits per heavy atom. The molecule has 0 bridgehead atoms. The molecule has 4 rings (SSSR count). The molecule has 0 unspecified atom stereocenters. The highest BCUT2D eigenvalue weighted by atomic mass is 32.2. The van der Waals surface area contributed by atoms with Gasteiger partial charge in [0.15, 0.2) is 21.5 Å². The van der Waals surface area contributed by atoms with Gasteiger partial charge in [-0.25, -0.2) is 14.2 Å². The minimum Gasteiger partial charge on any atom is -0.307 e. The van der Waals surface area contributed by atoms with E-state index < -0.39 is 21.9 Å². The summed E-state index contributed by atoms with van der Waals surface area (Å²) in [6, 6.07) is 2.80. The van der Waals surface area contributed by atoms with Gasteiger partial charge >= 0.3 is 6.03 Å². The number of hydrogen-bond donors (Lipinski definition) is 2. The Balaban J connectivity index is 1.49. The predicted molar refractivity (Wildman–Crippen MR) is 108 cm³/mol. The Bertz CT molecular complexity index is 1220. The van der Waals surface area contributed by atoms with Gasteiger partial charge in [-0.15, -0.1) is 9.19 Å². The number of carbonyl (C=O) groups is 2. The van der Waals surface area contributed by atoms with Crippen molar-refractivity contribution in [3.8, 4) is 0 Å². The molecule has 11 nitrogen and oxygen atoms in total. The van der Waals surface area contributed by atoms with E-state index >= 15 is 0 Å². The van der Waals surface area contributed by atoms with Gasteiger partial charge < -0.3 is 5.32 Å². The van der Waals surface area contributed by atoms with Crippen LogP contribution < -0.4 is 10.6 Å². The molecule has 162 valence electrons. The summed E-state index contributed by atoms with van der Waals surface area (Å²) in [5.41, 5.74) is 0.261. The maximum atomic E-state index is 13.7. The summed E-state index contributed by atoms with van der Waals surface area (Å²) in [5.74, 6) is -0.982. The number of rotatable bonds is 6. The molecule has 1 saturated carbocycles. The molecule has 31 heavy (non-hydrogen) atoms. The normalized spacial score (nSPS) is 14.5. The number of anilines is 2. The smallest absolute Gasteiger partial charge is 0.307 e. The summed E-state index contributed by atoms with van der Waals surface area (Å²) >= 11 is 0.696. The Morgan fingerprint density at radius 2 is 1.97 bits per heavy atom. The summed E-state index contributed by atoms with van der Waals surface area (Å²) in [6.45, 7) is 0. The molecule has 0 radical (unpaired) electrons. The van der Waals surface area contributed by atoms with Gasteiger partial charge in [-0.3, -0.25) is 10.1 Å². The van der Waals surface area contributed by atoms with Crippen molar-refractivity contribution in [1.29, 1.82) is 0 Å². The molecule has 2 amide bonds. The van der Waals surface area contributed by atoms with Crippen LogP contribution in [0.3, 0.4) is 0 Å². The summed E-state index contributed by atoms with van der Waals surface area (Å²) in [7, 11) is -4.02. The van der Waals surface area contributed by atoms with Crippen LogP contribution in [0.15, 0.2) is 34.9 Å². The van der Waals surface area contributed by atoms with Crippen molar-refractivity contribution < 1.29 is 22.4 Å². The molecule has 1 aliphatic rings. The van der Waals surface area contributed by atoms with Gasteiger partial charge in [-0.05, 0) is 41.5 Å². The minimum atomic E-state index is -4.02. The summed E-state index contributed by atoms with van der Waals surface area (Å²) in [4.78, 5) is 29.0. The lowest BCUT2D eigenvalue weighted by atomic mass is 9.95. The van der Waals surface area contributed by atoms with Gasteiger partial charge in [0.25, 0.3) is 10.0 Å². The fourth-order valence-electron chi connectivity index (χ4n) is 3.28. The number of thiazole rings is 1. The first-order valence-electron chi connectivity index (χ1n) is 9.21. The van der Waals surface area contributed by atoms with Gasteiger partial charge in [0, 0.05) is 11.5 Å². The van der Waals surface area contributed by atoms with E-state index in [1.165, 1.54) is 6.07 Å². The summed E-state index contributed by atoms with van der Waals surface area (Å²) < 4.78 is 38.8. The van der Waals surface area contributed by atoms with E-state index in [-0.39, 0.29) is 32.3 Å². The Kier molecular flexibility index (Phi) is 5.73. The van der Waals surface area contributed by atoms with Gasteiger partial charge in [0.05, 0.1) is 11.9 Å². The number of aromatic nitrogens is 5. The molecule has 2 N–H and O–H groups in total. The van der Waals surface area contributed by atoms with Crippen molar-refractivity contribution in [2.75, 3.05) is 10.6 Å². The molecule has 14 heteroatoms. The lowest BCUT2D eigenvalue weighted by molar-refractivity contribution is 0.0923. The third-order valence-electron chi connectivity index (χ3n) is 4.76. The third kappa shape index (κ3) is 4.44. The van der Waals surface area contributed by atoms with Crippen molar-refractivity contribution in [3.63, 3.8) is 0 Å². The van der Waals surface area contributed by atoms with E-state index in [0.717, 1.165) is 50.3 Å². The quantitative estimate of drug-likeness (QED) is 0.528. The molecule has 1 aromatic carbocycles. The van der Waals surface area contributed by atoms with Gasteiger partial charge in [0.1, 0.15) is 5.82 Å². The number of hydrogen-bond acceptors (Lipinski definition) is 9. The number of carbonyl (C=O) groups excluding carboxylic acids is 2. The van der Waals surface area contributed by atoms with Gasteiger partial charge in [0.2, 0.25) is 0 Å². The van der Waals surface area contributed by atoms with E-state index in [1.54, 1.807) is 0 Å². The third-order valence-corrected chi connectivity index (χ3v) is 7.62. The largest absolute Gasteiger partial charge is 0.325 e. The summed E-state index contributed by atoms with van der Waals surface area (Å²) in [6.07, 6.45) is 5.33. The molecule has 2 heterocycles. The monoisotopic (exact) mass is 465 g/mol. The standard InChI is InChI=1S/C17H16FN7O4S2/c18-11-5-6-13(12(7-11)15(26)10-3-1-2-4-10)21-16(27)22-17-19-8-14(30-17)31(28,29)25-9-20-23-24-25/h5-10H,1-4H2,(H2,19,21,22,27). The number of Topliss-reactive ketones (excluding diaryl/α,β-unsaturated/α-hetero) is 1. The fraction of sp³-hybridized carbons (Fsp3) is 0.294. The number of amides is 2. The Labute approximate surface area is 179 Å². The van der Waals surface area contributed by atoms with E-state index in [0.29, 0.717) is 15.4 Å². The zero-order valence-electron chi connectivity index (χ0n) is 15.9. The van der Waals surface area contributed by atoms with E-state index in [9.17, 15) is 22.4 Å². The Morgan fingerprint density at radius 1 is 1.19 bits per heavy atom. The lowest BCUT2D eigenvalue weighted by Crippen LogP contribution is -2.22. The van der Waals surface area contributed by atoms with Crippen LogP contribution >= 0.6 is 11.3 Å². The van der Waals surface area contributed by atoms with Crippen molar-refractivity contribution in [2.45, 2.75) is 29.9 Å². The molecule has 0 aliphatic heterocycles. The van der Waals surface area contributed by atoms with Crippen molar-refractivity contribution in [3.05, 3.63) is 42.1 Å². The number of nitrogens with zero attached hydrogens (tertiary/aromatic N) is 5. The molecule has 1 fully saturated rings. The first-order valence-corrected chi connectivity index (χ1v) is 11.5. The van der Waals surface area contributed by atoms with Crippen LogP contribution in [0.5, 0.6) is 0 Å². The van der Waals surface area contributed by atoms with Crippen molar-refractivity contribution in [1.82, 2.24) is 24.6 Å². The summed E-state index contributed by atoms with van der Waals surface area (Å²) in [5, 5.41) is 14.8. The molecule has 0 saturated heterocycles. The average molecular weight is 465 g/mol. The predicted octanol–water partition coefficient (Wildman–Crippen LogP) is 2.52. The topological polar surface area (TPSA) is 149 Å². The second kappa shape index (κ2) is 8.47. The van der Waals surface area contributed by atoms with Crippen LogP contribution in [0.1, 0.15) is 36.0 Å². The highest BCUT2D eigenvalue weighted by Crippen LogP contribution is 2.31. The van der Waals surface area contributed by atoms with Crippen LogP contribution in [0.2, 0.25) is 0 Å². The van der Waals surface area contributed by atoms with Crippen LogP contribution in [0.25, 0.3) is 0 Å². The van der Waals surface area contributed by atoms with Crippen LogP contribution in [0.4, 0.5) is 20.0 Å².